The lowest BCUT2D eigenvalue weighted by atomic mass is 10.1. The molecule has 0 aliphatic heterocycles. The molecule has 4 rings (SSSR count). The monoisotopic (exact) mass is 629 g/mol. The molecule has 12 nitrogen and oxygen atoms in total. The van der Waals surface area contributed by atoms with Gasteiger partial charge < -0.3 is 25.3 Å². The molecule has 0 saturated heterocycles. The molecule has 0 fully saturated rings. The Labute approximate surface area is 267 Å². The summed E-state index contributed by atoms with van der Waals surface area (Å²) in [5, 5.41) is 2.94. The van der Waals surface area contributed by atoms with E-state index in [0.29, 0.717) is 33.0 Å². The second-order valence-corrected chi connectivity index (χ2v) is 12.7. The first kappa shape index (κ1) is 33.5. The standard InChI is InChI=1S/C34H39N5O7/c1-19-15-16-24(44-9)20(2)26(19)38-28-23(17-22(18-36-28)37-29(41)21-13-11-10-12-14-21)25(27(35)40)30(38)39(31(42)45-33(3,4)5)32(43)46-34(6,7)8/h10-18H,1-9H3,(H2,35,40)(H,37,41). The van der Waals surface area contributed by atoms with Gasteiger partial charge >= 0.3 is 12.2 Å². The highest BCUT2D eigenvalue weighted by atomic mass is 16.6. The van der Waals surface area contributed by atoms with Gasteiger partial charge in [-0.3, -0.25) is 14.2 Å². The molecular formula is C34H39N5O7. The predicted molar refractivity (Wildman–Crippen MR) is 175 cm³/mol. The Balaban J connectivity index is 2.12. The van der Waals surface area contributed by atoms with Crippen LogP contribution in [0, 0.1) is 13.8 Å². The maximum Gasteiger partial charge on any atom is 0.425 e. The lowest BCUT2D eigenvalue weighted by molar-refractivity contribution is 0.0428. The van der Waals surface area contributed by atoms with Gasteiger partial charge in [-0.15, -0.1) is 0 Å². The third-order valence-electron chi connectivity index (χ3n) is 6.71. The Kier molecular flexibility index (Phi) is 9.14. The molecule has 2 heterocycles. The fourth-order valence-electron chi connectivity index (χ4n) is 4.92. The summed E-state index contributed by atoms with van der Waals surface area (Å²) in [7, 11) is 1.51. The zero-order chi connectivity index (χ0) is 34.1. The van der Waals surface area contributed by atoms with E-state index in [-0.39, 0.29) is 28.1 Å². The van der Waals surface area contributed by atoms with E-state index in [9.17, 15) is 19.2 Å². The second-order valence-electron chi connectivity index (χ2n) is 12.7. The molecule has 2 aromatic carbocycles. The van der Waals surface area contributed by atoms with Crippen molar-refractivity contribution in [1.82, 2.24) is 9.55 Å². The van der Waals surface area contributed by atoms with E-state index in [1.54, 1.807) is 90.9 Å². The lowest BCUT2D eigenvalue weighted by Gasteiger charge is -2.30. The maximum absolute atomic E-state index is 13.9. The van der Waals surface area contributed by atoms with Crippen LogP contribution in [0.25, 0.3) is 16.7 Å². The number of amides is 4. The molecule has 2 aromatic heterocycles. The SMILES string of the molecule is COc1ccc(C)c(-n2c(N(C(=O)OC(C)(C)C)C(=O)OC(C)(C)C)c(C(N)=O)c3cc(NC(=O)c4ccccc4)cnc32)c1C. The van der Waals surface area contributed by atoms with Crippen molar-refractivity contribution < 1.29 is 33.4 Å². The number of nitrogens with zero attached hydrogens (tertiary/aromatic N) is 3. The van der Waals surface area contributed by atoms with Gasteiger partial charge in [0.2, 0.25) is 0 Å². The number of benzene rings is 2. The highest BCUT2D eigenvalue weighted by molar-refractivity contribution is 6.20. The smallest absolute Gasteiger partial charge is 0.425 e. The van der Waals surface area contributed by atoms with E-state index < -0.39 is 35.2 Å². The molecule has 3 N–H and O–H groups in total. The van der Waals surface area contributed by atoms with Crippen LogP contribution in [0.15, 0.2) is 54.7 Å². The summed E-state index contributed by atoms with van der Waals surface area (Å²) in [6, 6.07) is 13.6. The minimum atomic E-state index is -1.11. The predicted octanol–water partition coefficient (Wildman–Crippen LogP) is 6.68. The minimum Gasteiger partial charge on any atom is -0.496 e. The van der Waals surface area contributed by atoms with Gasteiger partial charge in [-0.25, -0.2) is 14.6 Å². The largest absolute Gasteiger partial charge is 0.496 e. The Morgan fingerprint density at radius 1 is 0.891 bits per heavy atom. The van der Waals surface area contributed by atoms with Gasteiger partial charge in [0.1, 0.15) is 28.4 Å². The number of aryl methyl sites for hydroxylation is 1. The molecule has 242 valence electrons. The number of imide groups is 1. The van der Waals surface area contributed by atoms with Crippen LogP contribution in [-0.2, 0) is 9.47 Å². The molecule has 4 aromatic rings. The number of aromatic nitrogens is 2. The maximum atomic E-state index is 13.9. The molecule has 0 unspecified atom stereocenters. The molecule has 0 spiro atoms. The van der Waals surface area contributed by atoms with Crippen molar-refractivity contribution in [2.75, 3.05) is 17.3 Å². The van der Waals surface area contributed by atoms with Crippen molar-refractivity contribution in [2.45, 2.75) is 66.6 Å². The molecule has 0 aliphatic rings. The summed E-state index contributed by atoms with van der Waals surface area (Å²) in [6.45, 7) is 13.5. The average Bonchev–Trinajstić information content (AvgIpc) is 3.25. The quantitative estimate of drug-likeness (QED) is 0.239. The molecule has 0 bridgehead atoms. The number of carbonyl (C=O) groups excluding carboxylic acids is 4. The van der Waals surface area contributed by atoms with Crippen LogP contribution in [0.5, 0.6) is 5.75 Å². The van der Waals surface area contributed by atoms with Crippen LogP contribution >= 0.6 is 0 Å². The Morgan fingerprint density at radius 2 is 1.48 bits per heavy atom. The number of carbonyl (C=O) groups is 4. The third-order valence-corrected chi connectivity index (χ3v) is 6.71. The molecule has 46 heavy (non-hydrogen) atoms. The van der Waals surface area contributed by atoms with E-state index in [1.165, 1.54) is 23.9 Å². The van der Waals surface area contributed by atoms with E-state index in [2.05, 4.69) is 10.3 Å². The molecule has 0 atom stereocenters. The van der Waals surface area contributed by atoms with Crippen LogP contribution in [0.4, 0.5) is 21.1 Å². The van der Waals surface area contributed by atoms with Crippen LogP contribution in [0.3, 0.4) is 0 Å². The number of rotatable bonds is 6. The number of hydrogen-bond acceptors (Lipinski definition) is 8. The number of primary amides is 1. The van der Waals surface area contributed by atoms with Gasteiger partial charge in [0.15, 0.2) is 0 Å². The van der Waals surface area contributed by atoms with Gasteiger partial charge in [0.25, 0.3) is 11.8 Å². The Bertz CT molecular complexity index is 1800. The third kappa shape index (κ3) is 6.96. The second kappa shape index (κ2) is 12.5. The number of anilines is 2. The summed E-state index contributed by atoms with van der Waals surface area (Å²) in [6.07, 6.45) is -0.808. The number of nitrogens with one attached hydrogen (secondary N) is 1. The number of ether oxygens (including phenoxy) is 3. The van der Waals surface area contributed by atoms with Crippen LogP contribution in [0.2, 0.25) is 0 Å². The van der Waals surface area contributed by atoms with Gasteiger partial charge in [0, 0.05) is 16.5 Å². The van der Waals surface area contributed by atoms with Crippen molar-refractivity contribution >= 4 is 46.5 Å². The van der Waals surface area contributed by atoms with E-state index >= 15 is 0 Å². The minimum absolute atomic E-state index is 0.159. The summed E-state index contributed by atoms with van der Waals surface area (Å²) in [5.41, 5.74) is 6.32. The molecule has 0 radical (unpaired) electrons. The van der Waals surface area contributed by atoms with E-state index in [1.807, 2.05) is 6.92 Å². The van der Waals surface area contributed by atoms with Gasteiger partial charge in [-0.2, -0.15) is 4.90 Å². The summed E-state index contributed by atoms with van der Waals surface area (Å²) < 4.78 is 18.4. The summed E-state index contributed by atoms with van der Waals surface area (Å²) in [5.74, 6) is -1.13. The normalized spacial score (nSPS) is 11.6. The van der Waals surface area contributed by atoms with Crippen molar-refractivity contribution in [3.8, 4) is 11.4 Å². The van der Waals surface area contributed by atoms with Crippen molar-refractivity contribution in [1.29, 1.82) is 0 Å². The first-order valence-corrected chi connectivity index (χ1v) is 14.5. The first-order chi connectivity index (χ1) is 21.4. The zero-order valence-corrected chi connectivity index (χ0v) is 27.5. The average molecular weight is 630 g/mol. The highest BCUT2D eigenvalue weighted by Gasteiger charge is 2.40. The number of fused-ring (bicyclic) bond motifs is 1. The van der Waals surface area contributed by atoms with E-state index in [4.69, 9.17) is 19.9 Å². The molecule has 4 amide bonds. The number of hydrogen-bond donors (Lipinski definition) is 2. The zero-order valence-electron chi connectivity index (χ0n) is 27.5. The number of pyridine rings is 1. The number of methoxy groups -OCH3 is 1. The molecule has 12 heteroatoms. The summed E-state index contributed by atoms with van der Waals surface area (Å²) in [4.78, 5) is 59.5. The lowest BCUT2D eigenvalue weighted by Crippen LogP contribution is -2.45. The van der Waals surface area contributed by atoms with E-state index in [0.717, 1.165) is 0 Å². The molecular weight excluding hydrogens is 590 g/mol. The first-order valence-electron chi connectivity index (χ1n) is 14.5. The van der Waals surface area contributed by atoms with Crippen LogP contribution < -0.4 is 20.7 Å². The van der Waals surface area contributed by atoms with Crippen molar-refractivity contribution in [3.05, 3.63) is 77.0 Å². The van der Waals surface area contributed by atoms with Gasteiger partial charge in [-0.05, 0) is 85.2 Å². The summed E-state index contributed by atoms with van der Waals surface area (Å²) >= 11 is 0. The van der Waals surface area contributed by atoms with Crippen molar-refractivity contribution in [3.63, 3.8) is 0 Å². The van der Waals surface area contributed by atoms with Gasteiger partial charge in [0.05, 0.1) is 30.2 Å². The Hall–Kier alpha value is -5.39. The van der Waals surface area contributed by atoms with Crippen molar-refractivity contribution in [2.24, 2.45) is 5.73 Å². The Morgan fingerprint density at radius 3 is 2.00 bits per heavy atom. The highest BCUT2D eigenvalue weighted by Crippen LogP contribution is 2.40. The van der Waals surface area contributed by atoms with Gasteiger partial charge in [-0.1, -0.05) is 24.3 Å². The van der Waals surface area contributed by atoms with Crippen LogP contribution in [-0.4, -0.2) is 51.9 Å². The topological polar surface area (TPSA) is 155 Å². The fourth-order valence-corrected chi connectivity index (χ4v) is 4.92. The molecule has 0 saturated carbocycles. The molecule has 0 aliphatic carbocycles. The fraction of sp³-hybridized carbons (Fsp3) is 0.324. The van der Waals surface area contributed by atoms with Crippen LogP contribution in [0.1, 0.15) is 73.4 Å². The number of nitrogens with two attached hydrogens (primary N) is 1.